The zero-order valence-corrected chi connectivity index (χ0v) is 28.7. The largest absolute Gasteiger partial charge is 0.493 e. The molecule has 7 nitrogen and oxygen atoms in total. The Hall–Kier alpha value is -4.25. The molecule has 3 aromatic carbocycles. The molecule has 0 amide bonds. The van der Waals surface area contributed by atoms with Crippen molar-refractivity contribution in [2.45, 2.75) is 64.5 Å². The van der Waals surface area contributed by atoms with Gasteiger partial charge in [0.1, 0.15) is 25.1 Å². The molecule has 3 aromatic rings. The number of rotatable bonds is 18. The van der Waals surface area contributed by atoms with E-state index >= 15 is 0 Å². The van der Waals surface area contributed by atoms with Crippen molar-refractivity contribution in [3.8, 4) is 33.8 Å². The van der Waals surface area contributed by atoms with Gasteiger partial charge in [-0.15, -0.1) is 0 Å². The van der Waals surface area contributed by atoms with E-state index in [1.165, 1.54) is 5.56 Å². The Morgan fingerprint density at radius 3 is 1.67 bits per heavy atom. The second-order valence-corrected chi connectivity index (χ2v) is 10.8. The van der Waals surface area contributed by atoms with Crippen molar-refractivity contribution in [3.63, 3.8) is 0 Å². The topological polar surface area (TPSA) is 113 Å². The van der Waals surface area contributed by atoms with E-state index in [0.29, 0.717) is 55.1 Å². The van der Waals surface area contributed by atoms with E-state index in [0.717, 1.165) is 54.2 Å². The number of hydrogen-bond donors (Lipinski definition) is 3. The monoisotopic (exact) mass is 688 g/mol. The number of aliphatic hydroxyl groups excluding tert-OH is 3. The van der Waals surface area contributed by atoms with Gasteiger partial charge in [0.2, 0.25) is 0 Å². The molecule has 0 aliphatic carbocycles. The minimum atomic E-state index is -4.08. The molecule has 270 valence electrons. The van der Waals surface area contributed by atoms with Gasteiger partial charge in [-0.1, -0.05) is 69.0 Å². The summed E-state index contributed by atoms with van der Waals surface area (Å²) >= 11 is 0. The molecule has 3 rings (SSSR count). The van der Waals surface area contributed by atoms with Crippen LogP contribution in [0, 0.1) is 0 Å². The van der Waals surface area contributed by atoms with Gasteiger partial charge in [-0.05, 0) is 82.3 Å². The average molecular weight is 689 g/mol. The first kappa shape index (κ1) is 44.8. The number of unbranched alkanes of at least 4 members (excludes halogenated alkanes) is 2. The summed E-state index contributed by atoms with van der Waals surface area (Å²) < 4.78 is 49.1. The summed E-state index contributed by atoms with van der Waals surface area (Å²) in [5.74, 6) is 1.30. The van der Waals surface area contributed by atoms with Gasteiger partial charge in [0.25, 0.3) is 0 Å². The first-order valence-electron chi connectivity index (χ1n) is 15.9. The summed E-state index contributed by atoms with van der Waals surface area (Å²) in [5.41, 5.74) is 7.90. The van der Waals surface area contributed by atoms with Crippen LogP contribution < -0.4 is 9.47 Å². The van der Waals surface area contributed by atoms with Gasteiger partial charge in [-0.3, -0.25) is 0 Å². The van der Waals surface area contributed by atoms with Crippen LogP contribution in [0.25, 0.3) is 22.3 Å². The van der Waals surface area contributed by atoms with Crippen LogP contribution in [0.15, 0.2) is 85.0 Å². The fourth-order valence-corrected chi connectivity index (χ4v) is 4.72. The van der Waals surface area contributed by atoms with Crippen molar-refractivity contribution in [2.24, 2.45) is 0 Å². The van der Waals surface area contributed by atoms with Crippen molar-refractivity contribution < 1.29 is 47.6 Å². The molecule has 0 unspecified atom stereocenters. The molecule has 49 heavy (non-hydrogen) atoms. The highest BCUT2D eigenvalue weighted by atomic mass is 19.4. The third-order valence-electron chi connectivity index (χ3n) is 7.29. The summed E-state index contributed by atoms with van der Waals surface area (Å²) in [6.45, 7) is 14.4. The lowest BCUT2D eigenvalue weighted by Gasteiger charge is -2.15. The average Bonchev–Trinajstić information content (AvgIpc) is 3.13. The number of benzene rings is 3. The van der Waals surface area contributed by atoms with Crippen LogP contribution in [0.1, 0.15) is 56.6 Å². The Kier molecular flexibility index (Phi) is 23.5. The summed E-state index contributed by atoms with van der Waals surface area (Å²) in [6.07, 6.45) is -0.627. The molecule has 0 aliphatic rings. The van der Waals surface area contributed by atoms with E-state index in [4.69, 9.17) is 24.2 Å². The lowest BCUT2D eigenvalue weighted by Crippen LogP contribution is -2.06. The molecule has 0 fully saturated rings. The number of carbonyl (C=O) groups is 2. The number of aryl methyl sites for hydroxylation is 2. The van der Waals surface area contributed by atoms with Crippen LogP contribution >= 0.6 is 0 Å². The predicted molar refractivity (Wildman–Crippen MR) is 190 cm³/mol. The Balaban J connectivity index is 0.00000363. The highest BCUT2D eigenvalue weighted by molar-refractivity contribution is 5.75. The lowest BCUT2D eigenvalue weighted by molar-refractivity contribution is -0.135. The fraction of sp³-hybridized carbons (Fsp3) is 0.385. The Morgan fingerprint density at radius 2 is 1.20 bits per heavy atom. The van der Waals surface area contributed by atoms with Crippen LogP contribution in [0.4, 0.5) is 13.2 Å². The van der Waals surface area contributed by atoms with E-state index in [2.05, 4.69) is 62.5 Å². The van der Waals surface area contributed by atoms with E-state index in [1.54, 1.807) is 0 Å². The summed E-state index contributed by atoms with van der Waals surface area (Å²) in [5, 5.41) is 25.5. The maximum Gasteiger partial charge on any atom is 0.389 e. The number of ether oxygens (including phenoxy) is 2. The first-order valence-corrected chi connectivity index (χ1v) is 15.9. The highest BCUT2D eigenvalue weighted by Gasteiger charge is 2.25. The Labute approximate surface area is 288 Å². The smallest absolute Gasteiger partial charge is 0.389 e. The molecule has 0 heterocycles. The van der Waals surface area contributed by atoms with Crippen molar-refractivity contribution in [2.75, 3.05) is 33.5 Å². The minimum absolute atomic E-state index is 0.0766. The van der Waals surface area contributed by atoms with Gasteiger partial charge in [0, 0.05) is 32.4 Å². The quantitative estimate of drug-likeness (QED) is 0.0914. The molecule has 0 radical (unpaired) electrons. The highest BCUT2D eigenvalue weighted by Crippen LogP contribution is 2.34. The molecule has 0 aromatic heterocycles. The van der Waals surface area contributed by atoms with Crippen LogP contribution in [0.5, 0.6) is 11.5 Å². The van der Waals surface area contributed by atoms with Gasteiger partial charge < -0.3 is 34.4 Å². The van der Waals surface area contributed by atoms with Crippen LogP contribution in [-0.4, -0.2) is 68.6 Å². The molecule has 0 saturated heterocycles. The third kappa shape index (κ3) is 17.6. The SMILES string of the molecule is C=C(CO)CCOc1cc(OCCC(=C)CO)cc(-c2ccc(-c3ccc(CCCCCC(F)(F)F)cc3)c(CC)c2)c1.C=O.C=O.CO. The fourth-order valence-electron chi connectivity index (χ4n) is 4.72. The van der Waals surface area contributed by atoms with E-state index in [9.17, 15) is 23.4 Å². The van der Waals surface area contributed by atoms with Gasteiger partial charge >= 0.3 is 6.18 Å². The summed E-state index contributed by atoms with van der Waals surface area (Å²) in [4.78, 5) is 16.0. The lowest BCUT2D eigenvalue weighted by atomic mass is 9.92. The predicted octanol–water partition coefficient (Wildman–Crippen LogP) is 8.12. The van der Waals surface area contributed by atoms with Crippen molar-refractivity contribution in [1.29, 1.82) is 0 Å². The molecule has 0 spiro atoms. The number of halogens is 3. The number of aliphatic hydroxyl groups is 3. The Morgan fingerprint density at radius 1 is 0.694 bits per heavy atom. The number of alkyl halides is 3. The zero-order valence-electron chi connectivity index (χ0n) is 28.7. The standard InChI is InChI=1S/C36H43F3O4.CH4O.2CH2O/c1-4-29-20-31(13-14-35(29)30-11-9-28(10-12-30)8-6-5-7-17-36(37,38)39)32-21-33(42-18-15-26(2)24-40)23-34(22-32)43-19-16-27(3)25-41;3*1-2/h9-14,20-23,40-41H,2-8,15-19,24-25H2,1H3;2H,1H3;2*1H2. The second-order valence-electron chi connectivity index (χ2n) is 10.8. The minimum Gasteiger partial charge on any atom is -0.493 e. The van der Waals surface area contributed by atoms with Gasteiger partial charge in [0.05, 0.1) is 26.4 Å². The van der Waals surface area contributed by atoms with E-state index in [-0.39, 0.29) is 19.6 Å². The van der Waals surface area contributed by atoms with Crippen LogP contribution in [0.2, 0.25) is 0 Å². The Bertz CT molecular complexity index is 1330. The molecular formula is C39H51F3O7. The van der Waals surface area contributed by atoms with Gasteiger partial charge in [0.15, 0.2) is 0 Å². The van der Waals surface area contributed by atoms with Crippen molar-refractivity contribution in [1.82, 2.24) is 0 Å². The van der Waals surface area contributed by atoms with E-state index < -0.39 is 12.6 Å². The molecule has 3 N–H and O–H groups in total. The molecule has 10 heteroatoms. The van der Waals surface area contributed by atoms with Crippen LogP contribution in [-0.2, 0) is 22.4 Å². The molecular weight excluding hydrogens is 637 g/mol. The van der Waals surface area contributed by atoms with Crippen molar-refractivity contribution >= 4 is 13.6 Å². The molecule has 0 saturated carbocycles. The van der Waals surface area contributed by atoms with Gasteiger partial charge in [-0.2, -0.15) is 13.2 Å². The number of hydrogen-bond acceptors (Lipinski definition) is 7. The summed E-state index contributed by atoms with van der Waals surface area (Å²) in [7, 11) is 1.00. The molecule has 0 bridgehead atoms. The molecule has 0 atom stereocenters. The summed E-state index contributed by atoms with van der Waals surface area (Å²) in [6, 6.07) is 20.4. The van der Waals surface area contributed by atoms with E-state index in [1.807, 2.05) is 31.8 Å². The van der Waals surface area contributed by atoms with Crippen LogP contribution in [0.3, 0.4) is 0 Å². The maximum absolute atomic E-state index is 12.4. The molecule has 0 aliphatic heterocycles. The third-order valence-corrected chi connectivity index (χ3v) is 7.29. The second kappa shape index (κ2) is 25.7. The van der Waals surface area contributed by atoms with Crippen molar-refractivity contribution in [3.05, 3.63) is 96.1 Å². The first-order chi connectivity index (χ1) is 23.6. The normalized spacial score (nSPS) is 10.3. The number of carbonyl (C=O) groups excluding carboxylic acids is 2. The zero-order chi connectivity index (χ0) is 37.2. The maximum atomic E-state index is 12.4. The van der Waals surface area contributed by atoms with Gasteiger partial charge in [-0.25, -0.2) is 0 Å².